The molecular formula is C30H46F2O3. The number of hydrogen-bond acceptors (Lipinski definition) is 3. The predicted molar refractivity (Wildman–Crippen MR) is 137 cm³/mol. The van der Waals surface area contributed by atoms with Crippen LogP contribution in [0.25, 0.3) is 0 Å². The van der Waals surface area contributed by atoms with Crippen LogP contribution in [0.15, 0.2) is 12.1 Å². The SMILES string of the molecule is CCCCCCC[C@H]1CC[C@H]([C@H]2CC[C@H](C(=O)Oc3ccc(OCCCC)c(F)c3F)CC2)CC1. The van der Waals surface area contributed by atoms with Gasteiger partial charge in [0.1, 0.15) is 0 Å². The van der Waals surface area contributed by atoms with E-state index in [9.17, 15) is 13.6 Å². The third-order valence-electron chi connectivity index (χ3n) is 8.36. The molecule has 0 bridgehead atoms. The third kappa shape index (κ3) is 8.46. The highest BCUT2D eigenvalue weighted by Crippen LogP contribution is 2.42. The average Bonchev–Trinajstić information content (AvgIpc) is 2.88. The van der Waals surface area contributed by atoms with E-state index in [1.54, 1.807) is 0 Å². The molecule has 0 N–H and O–H groups in total. The van der Waals surface area contributed by atoms with Gasteiger partial charge in [0.25, 0.3) is 0 Å². The number of carbonyl (C=O) groups excluding carboxylic acids is 1. The van der Waals surface area contributed by atoms with E-state index in [0.29, 0.717) is 12.5 Å². The fraction of sp³-hybridized carbons (Fsp3) is 0.767. The standard InChI is InChI=1S/C30H46F2O3/c1-3-5-7-8-9-10-22-11-13-23(14-12-22)24-15-17-25(18-16-24)30(33)35-27-20-19-26(28(31)29(27)32)34-21-6-4-2/h19-20,22-25H,3-18,21H2,1-2H3/t22-,23-,24-,25-. The smallest absolute Gasteiger partial charge is 0.314 e. The first-order valence-corrected chi connectivity index (χ1v) is 14.4. The lowest BCUT2D eigenvalue weighted by Gasteiger charge is -2.37. The van der Waals surface area contributed by atoms with Crippen LogP contribution >= 0.6 is 0 Å². The van der Waals surface area contributed by atoms with Crippen LogP contribution in [0.4, 0.5) is 8.78 Å². The van der Waals surface area contributed by atoms with Crippen molar-refractivity contribution in [1.29, 1.82) is 0 Å². The van der Waals surface area contributed by atoms with E-state index >= 15 is 0 Å². The summed E-state index contributed by atoms with van der Waals surface area (Å²) in [5, 5.41) is 0. The topological polar surface area (TPSA) is 35.5 Å². The van der Waals surface area contributed by atoms with Gasteiger partial charge in [0.05, 0.1) is 12.5 Å². The Balaban J connectivity index is 1.38. The van der Waals surface area contributed by atoms with Gasteiger partial charge in [-0.2, -0.15) is 8.78 Å². The number of esters is 1. The van der Waals surface area contributed by atoms with Crippen LogP contribution < -0.4 is 9.47 Å². The van der Waals surface area contributed by atoms with E-state index in [1.165, 1.54) is 76.3 Å². The minimum Gasteiger partial charge on any atom is -0.490 e. The molecule has 198 valence electrons. The number of halogens is 2. The van der Waals surface area contributed by atoms with Gasteiger partial charge in [0.15, 0.2) is 11.5 Å². The Kier molecular flexibility index (Phi) is 11.8. The minimum absolute atomic E-state index is 0.137. The zero-order valence-electron chi connectivity index (χ0n) is 22.0. The monoisotopic (exact) mass is 492 g/mol. The van der Waals surface area contributed by atoms with Gasteiger partial charge in [0.2, 0.25) is 11.6 Å². The van der Waals surface area contributed by atoms with Crippen LogP contribution in [0, 0.1) is 35.3 Å². The van der Waals surface area contributed by atoms with Gasteiger partial charge in [-0.05, 0) is 74.8 Å². The summed E-state index contributed by atoms with van der Waals surface area (Å²) in [6.45, 7) is 4.59. The molecule has 0 aromatic heterocycles. The molecule has 0 unspecified atom stereocenters. The molecule has 0 saturated heterocycles. The molecule has 1 aromatic rings. The van der Waals surface area contributed by atoms with Gasteiger partial charge in [-0.1, -0.05) is 71.6 Å². The first kappa shape index (κ1) is 27.9. The van der Waals surface area contributed by atoms with Crippen molar-refractivity contribution < 1.29 is 23.0 Å². The fourth-order valence-corrected chi connectivity index (χ4v) is 6.03. The van der Waals surface area contributed by atoms with E-state index in [0.717, 1.165) is 50.4 Å². The zero-order valence-corrected chi connectivity index (χ0v) is 22.0. The summed E-state index contributed by atoms with van der Waals surface area (Å²) in [7, 11) is 0. The quantitative estimate of drug-likeness (QED) is 0.156. The summed E-state index contributed by atoms with van der Waals surface area (Å²) in [6.07, 6.45) is 18.9. The summed E-state index contributed by atoms with van der Waals surface area (Å²) >= 11 is 0. The normalized spacial score (nSPS) is 24.8. The summed E-state index contributed by atoms with van der Waals surface area (Å²) < 4.78 is 39.3. The molecule has 0 aliphatic heterocycles. The van der Waals surface area contributed by atoms with Gasteiger partial charge < -0.3 is 9.47 Å². The molecule has 35 heavy (non-hydrogen) atoms. The molecule has 0 radical (unpaired) electrons. The molecule has 0 amide bonds. The maximum Gasteiger partial charge on any atom is 0.314 e. The number of rotatable bonds is 13. The molecule has 2 saturated carbocycles. The first-order valence-electron chi connectivity index (χ1n) is 14.4. The lowest BCUT2D eigenvalue weighted by Crippen LogP contribution is -2.30. The van der Waals surface area contributed by atoms with Crippen molar-refractivity contribution in [2.24, 2.45) is 23.7 Å². The molecule has 0 spiro atoms. The van der Waals surface area contributed by atoms with Crippen molar-refractivity contribution >= 4 is 5.97 Å². The molecule has 5 heteroatoms. The average molecular weight is 493 g/mol. The Labute approximate surface area is 211 Å². The lowest BCUT2D eigenvalue weighted by atomic mass is 9.68. The highest BCUT2D eigenvalue weighted by atomic mass is 19.2. The summed E-state index contributed by atoms with van der Waals surface area (Å²) in [6, 6.07) is 2.64. The highest BCUT2D eigenvalue weighted by molar-refractivity contribution is 5.75. The fourth-order valence-electron chi connectivity index (χ4n) is 6.03. The second-order valence-electron chi connectivity index (χ2n) is 10.9. The highest BCUT2D eigenvalue weighted by Gasteiger charge is 2.34. The number of hydrogen-bond donors (Lipinski definition) is 0. The van der Waals surface area contributed by atoms with Crippen molar-refractivity contribution in [3.05, 3.63) is 23.8 Å². The van der Waals surface area contributed by atoms with E-state index in [2.05, 4.69) is 6.92 Å². The van der Waals surface area contributed by atoms with Crippen LogP contribution in [0.5, 0.6) is 11.5 Å². The van der Waals surface area contributed by atoms with Crippen molar-refractivity contribution in [2.75, 3.05) is 6.61 Å². The van der Waals surface area contributed by atoms with Crippen LogP contribution in [-0.2, 0) is 4.79 Å². The molecule has 0 heterocycles. The zero-order chi connectivity index (χ0) is 25.0. The van der Waals surface area contributed by atoms with Gasteiger partial charge >= 0.3 is 5.97 Å². The lowest BCUT2D eigenvalue weighted by molar-refractivity contribution is -0.140. The minimum atomic E-state index is -1.15. The Morgan fingerprint density at radius 1 is 0.771 bits per heavy atom. The van der Waals surface area contributed by atoms with E-state index in [-0.39, 0.29) is 17.4 Å². The molecule has 2 fully saturated rings. The van der Waals surface area contributed by atoms with Crippen LogP contribution in [0.2, 0.25) is 0 Å². The number of ether oxygens (including phenoxy) is 2. The predicted octanol–water partition coefficient (Wildman–Crippen LogP) is 9.02. The van der Waals surface area contributed by atoms with Gasteiger partial charge in [-0.25, -0.2) is 0 Å². The first-order chi connectivity index (χ1) is 17.0. The van der Waals surface area contributed by atoms with Crippen molar-refractivity contribution in [3.8, 4) is 11.5 Å². The Morgan fingerprint density at radius 2 is 1.34 bits per heavy atom. The molecule has 1 aromatic carbocycles. The van der Waals surface area contributed by atoms with E-state index in [1.807, 2.05) is 6.92 Å². The van der Waals surface area contributed by atoms with E-state index in [4.69, 9.17) is 9.47 Å². The van der Waals surface area contributed by atoms with Crippen LogP contribution in [-0.4, -0.2) is 12.6 Å². The molecule has 2 aliphatic carbocycles. The summed E-state index contributed by atoms with van der Waals surface area (Å²) in [5.74, 6) is -0.990. The maximum absolute atomic E-state index is 14.4. The van der Waals surface area contributed by atoms with Gasteiger partial charge in [-0.15, -0.1) is 0 Å². The Bertz CT molecular complexity index is 765. The van der Waals surface area contributed by atoms with Crippen LogP contribution in [0.3, 0.4) is 0 Å². The molecule has 3 rings (SSSR count). The summed E-state index contributed by atoms with van der Waals surface area (Å²) in [4.78, 5) is 12.7. The van der Waals surface area contributed by atoms with Gasteiger partial charge in [-0.3, -0.25) is 4.79 Å². The maximum atomic E-state index is 14.4. The molecule has 2 aliphatic rings. The Hall–Kier alpha value is -1.65. The van der Waals surface area contributed by atoms with Gasteiger partial charge in [0, 0.05) is 0 Å². The number of benzene rings is 1. The second kappa shape index (κ2) is 14.8. The Morgan fingerprint density at radius 3 is 2.00 bits per heavy atom. The molecule has 0 atom stereocenters. The van der Waals surface area contributed by atoms with Crippen LogP contribution in [0.1, 0.15) is 117 Å². The second-order valence-corrected chi connectivity index (χ2v) is 10.9. The third-order valence-corrected chi connectivity index (χ3v) is 8.36. The number of unbranched alkanes of at least 4 members (excludes halogenated alkanes) is 5. The summed E-state index contributed by atoms with van der Waals surface area (Å²) in [5.41, 5.74) is 0. The number of carbonyl (C=O) groups is 1. The van der Waals surface area contributed by atoms with E-state index < -0.39 is 17.6 Å². The molecule has 3 nitrogen and oxygen atoms in total. The van der Waals surface area contributed by atoms with Crippen molar-refractivity contribution in [1.82, 2.24) is 0 Å². The largest absolute Gasteiger partial charge is 0.490 e. The van der Waals surface area contributed by atoms with Crippen molar-refractivity contribution in [2.45, 2.75) is 117 Å². The van der Waals surface area contributed by atoms with Crippen molar-refractivity contribution in [3.63, 3.8) is 0 Å². The molecular weight excluding hydrogens is 446 g/mol.